The van der Waals surface area contributed by atoms with Crippen LogP contribution in [0.3, 0.4) is 0 Å². The van der Waals surface area contributed by atoms with E-state index in [0.29, 0.717) is 30.4 Å². The Bertz CT molecular complexity index is 1080. The van der Waals surface area contributed by atoms with E-state index in [-0.39, 0.29) is 30.2 Å². The van der Waals surface area contributed by atoms with Gasteiger partial charge >= 0.3 is 0 Å². The maximum absolute atomic E-state index is 14.3. The number of carbonyl (C=O) groups is 1. The highest BCUT2D eigenvalue weighted by molar-refractivity contribution is 5.73. The molecule has 0 unspecified atom stereocenters. The third kappa shape index (κ3) is 6.00. The molecule has 1 saturated carbocycles. The predicted octanol–water partition coefficient (Wildman–Crippen LogP) is 4.14. The van der Waals surface area contributed by atoms with Crippen LogP contribution in [0.15, 0.2) is 24.4 Å². The summed E-state index contributed by atoms with van der Waals surface area (Å²) >= 11 is 0. The lowest BCUT2D eigenvalue weighted by molar-refractivity contribution is -0.120. The normalized spacial score (nSPS) is 19.8. The zero-order valence-electron chi connectivity index (χ0n) is 20.9. The molecule has 1 aromatic heterocycles. The van der Waals surface area contributed by atoms with Gasteiger partial charge in [0.05, 0.1) is 12.1 Å². The average molecular weight is 506 g/mol. The number of ether oxygens (including phenoxy) is 1. The van der Waals surface area contributed by atoms with E-state index in [1.54, 1.807) is 0 Å². The summed E-state index contributed by atoms with van der Waals surface area (Å²) in [4.78, 5) is 16.4. The number of amides is 1. The quantitative estimate of drug-likeness (QED) is 0.477. The Balaban J connectivity index is 1.52. The first-order chi connectivity index (χ1) is 17.0. The number of halogens is 3. The maximum atomic E-state index is 14.3. The molecule has 1 amide bonds. The Labute approximate surface area is 209 Å². The van der Waals surface area contributed by atoms with Gasteiger partial charge in [-0.2, -0.15) is 0 Å². The first kappa shape index (κ1) is 26.4. The van der Waals surface area contributed by atoms with Crippen LogP contribution in [0.25, 0.3) is 0 Å². The van der Waals surface area contributed by atoms with E-state index in [4.69, 9.17) is 4.74 Å². The molecule has 1 fully saturated rings. The number of hydrogen-bond acceptors (Lipinski definition) is 5. The number of carbonyl (C=O) groups excluding carboxylic acids is 1. The molecule has 3 N–H and O–H groups in total. The molecule has 3 atom stereocenters. The van der Waals surface area contributed by atoms with Crippen molar-refractivity contribution in [1.29, 1.82) is 0 Å². The van der Waals surface area contributed by atoms with E-state index in [1.807, 2.05) is 6.20 Å². The number of nitrogens with zero attached hydrogens (tertiary/aromatic N) is 1. The largest absolute Gasteiger partial charge is 0.471 e. The number of rotatable bonds is 9. The fourth-order valence-electron chi connectivity index (χ4n) is 5.16. The van der Waals surface area contributed by atoms with E-state index in [2.05, 4.69) is 35.5 Å². The molecular formula is C27H34F3N3O3. The highest BCUT2D eigenvalue weighted by atomic mass is 19.1. The van der Waals surface area contributed by atoms with Crippen molar-refractivity contribution >= 4 is 5.91 Å². The van der Waals surface area contributed by atoms with Gasteiger partial charge in [0, 0.05) is 61.8 Å². The Hall–Kier alpha value is -2.65. The van der Waals surface area contributed by atoms with Crippen LogP contribution in [0.5, 0.6) is 5.88 Å². The zero-order valence-corrected chi connectivity index (χ0v) is 20.9. The fraction of sp³-hybridized carbons (Fsp3) is 0.556. The highest BCUT2D eigenvalue weighted by Crippen LogP contribution is 2.48. The molecule has 0 bridgehead atoms. The van der Waals surface area contributed by atoms with Crippen LogP contribution in [-0.4, -0.2) is 40.3 Å². The molecule has 0 radical (unpaired) electrons. The molecule has 1 aliphatic heterocycles. The number of hydrogen-bond donors (Lipinski definition) is 3. The molecular weight excluding hydrogens is 471 g/mol. The van der Waals surface area contributed by atoms with Crippen LogP contribution in [0.1, 0.15) is 69.2 Å². The monoisotopic (exact) mass is 505 g/mol. The van der Waals surface area contributed by atoms with Crippen molar-refractivity contribution in [2.75, 3.05) is 6.54 Å². The second-order valence-electron chi connectivity index (χ2n) is 10.6. The van der Waals surface area contributed by atoms with Gasteiger partial charge in [0.25, 0.3) is 0 Å². The number of benzene rings is 1. The van der Waals surface area contributed by atoms with E-state index < -0.39 is 35.5 Å². The average Bonchev–Trinajstić information content (AvgIpc) is 2.77. The molecule has 1 spiro atoms. The van der Waals surface area contributed by atoms with E-state index in [0.717, 1.165) is 36.8 Å². The summed E-state index contributed by atoms with van der Waals surface area (Å²) in [6, 6.07) is 2.15. The minimum Gasteiger partial charge on any atom is -0.471 e. The van der Waals surface area contributed by atoms with E-state index in [1.165, 1.54) is 6.92 Å². The van der Waals surface area contributed by atoms with Gasteiger partial charge in [0.1, 0.15) is 23.1 Å². The van der Waals surface area contributed by atoms with Gasteiger partial charge < -0.3 is 20.5 Å². The molecule has 6 nitrogen and oxygen atoms in total. The third-order valence-electron chi connectivity index (χ3n) is 7.07. The van der Waals surface area contributed by atoms with Crippen LogP contribution < -0.4 is 15.4 Å². The number of nitrogens with one attached hydrogen (secondary N) is 2. The second-order valence-corrected chi connectivity index (χ2v) is 10.6. The standard InChI is InChI=1S/C27H34F3N3O3/c1-15(2)7-17-8-20-24(12-27(5-4-6-27)36-26(20)32-13-17)31-14-25(35)23(33-16(3)34)11-19-21(29)9-18(28)10-22(19)30/h8-10,13,15,23-25,31,35H,4-7,11-12,14H2,1-3H3,(H,33,34)/t23-,24-,25+/m0/s1. The van der Waals surface area contributed by atoms with E-state index in [9.17, 15) is 23.1 Å². The highest BCUT2D eigenvalue weighted by Gasteiger charge is 2.46. The predicted molar refractivity (Wildman–Crippen MR) is 129 cm³/mol. The van der Waals surface area contributed by atoms with Gasteiger partial charge in [-0.1, -0.05) is 13.8 Å². The molecule has 196 valence electrons. The molecule has 1 aliphatic carbocycles. The van der Waals surface area contributed by atoms with Crippen LogP contribution in [0, 0.1) is 23.4 Å². The summed E-state index contributed by atoms with van der Waals surface area (Å²) < 4.78 is 48.1. The lowest BCUT2D eigenvalue weighted by Crippen LogP contribution is -2.52. The van der Waals surface area contributed by atoms with Crippen molar-refractivity contribution in [1.82, 2.24) is 15.6 Å². The van der Waals surface area contributed by atoms with Crippen LogP contribution in [0.2, 0.25) is 0 Å². The van der Waals surface area contributed by atoms with Crippen molar-refractivity contribution in [2.24, 2.45) is 5.92 Å². The molecule has 4 rings (SSSR count). The molecule has 1 aromatic carbocycles. The lowest BCUT2D eigenvalue weighted by Gasteiger charge is -2.47. The SMILES string of the molecule is CC(=O)N[C@@H](Cc1c(F)cc(F)cc1F)[C@H](O)CN[C@H]1CC2(CCC2)Oc2ncc(CC(C)C)cc21. The Morgan fingerprint density at radius 3 is 2.47 bits per heavy atom. The summed E-state index contributed by atoms with van der Waals surface area (Å²) in [6.45, 7) is 5.60. The lowest BCUT2D eigenvalue weighted by atomic mass is 9.73. The zero-order chi connectivity index (χ0) is 26.0. The minimum absolute atomic E-state index is 0.0595. The topological polar surface area (TPSA) is 83.5 Å². The Morgan fingerprint density at radius 1 is 1.19 bits per heavy atom. The first-order valence-electron chi connectivity index (χ1n) is 12.5. The van der Waals surface area contributed by atoms with Gasteiger partial charge in [-0.3, -0.25) is 4.79 Å². The Morgan fingerprint density at radius 2 is 1.89 bits per heavy atom. The van der Waals surface area contributed by atoms with Crippen molar-refractivity contribution in [3.8, 4) is 5.88 Å². The summed E-state index contributed by atoms with van der Waals surface area (Å²) in [6.07, 6.45) is 4.89. The van der Waals surface area contributed by atoms with Crippen LogP contribution in [-0.2, 0) is 17.6 Å². The third-order valence-corrected chi connectivity index (χ3v) is 7.07. The number of aromatic nitrogens is 1. The van der Waals surface area contributed by atoms with Crippen molar-refractivity contribution in [3.05, 3.63) is 58.5 Å². The van der Waals surface area contributed by atoms with Crippen LogP contribution >= 0.6 is 0 Å². The summed E-state index contributed by atoms with van der Waals surface area (Å²) in [5.41, 5.74) is 1.35. The fourth-order valence-corrected chi connectivity index (χ4v) is 5.16. The van der Waals surface area contributed by atoms with Crippen molar-refractivity contribution < 1.29 is 27.8 Å². The van der Waals surface area contributed by atoms with E-state index >= 15 is 0 Å². The summed E-state index contributed by atoms with van der Waals surface area (Å²) in [5.74, 6) is -2.54. The molecule has 2 heterocycles. The number of aliphatic hydroxyl groups excluding tert-OH is 1. The smallest absolute Gasteiger partial charge is 0.218 e. The number of pyridine rings is 1. The van der Waals surface area contributed by atoms with Crippen LogP contribution in [0.4, 0.5) is 13.2 Å². The van der Waals surface area contributed by atoms with Gasteiger partial charge in [-0.15, -0.1) is 0 Å². The number of fused-ring (bicyclic) bond motifs is 1. The van der Waals surface area contributed by atoms with Gasteiger partial charge in [-0.25, -0.2) is 18.2 Å². The molecule has 36 heavy (non-hydrogen) atoms. The molecule has 9 heteroatoms. The molecule has 2 aromatic rings. The maximum Gasteiger partial charge on any atom is 0.218 e. The number of aliphatic hydroxyl groups is 1. The minimum atomic E-state index is -1.16. The van der Waals surface area contributed by atoms with Gasteiger partial charge in [-0.05, 0) is 43.2 Å². The summed E-state index contributed by atoms with van der Waals surface area (Å²) in [7, 11) is 0. The molecule has 0 saturated heterocycles. The van der Waals surface area contributed by atoms with Crippen molar-refractivity contribution in [3.63, 3.8) is 0 Å². The summed E-state index contributed by atoms with van der Waals surface area (Å²) in [5, 5.41) is 16.9. The molecule has 2 aliphatic rings. The second kappa shape index (κ2) is 10.8. The first-order valence-corrected chi connectivity index (χ1v) is 12.5. The van der Waals surface area contributed by atoms with Crippen molar-refractivity contribution in [2.45, 2.75) is 83.1 Å². The van der Waals surface area contributed by atoms with Gasteiger partial charge in [0.15, 0.2) is 0 Å². The van der Waals surface area contributed by atoms with Gasteiger partial charge in [0.2, 0.25) is 11.8 Å². The Kier molecular flexibility index (Phi) is 7.90.